The van der Waals surface area contributed by atoms with Crippen molar-refractivity contribution in [2.75, 3.05) is 26.2 Å². The molecule has 0 spiro atoms. The van der Waals surface area contributed by atoms with Crippen molar-refractivity contribution in [3.05, 3.63) is 51.3 Å². The molecule has 0 amide bonds. The zero-order valence-electron chi connectivity index (χ0n) is 14.6. The molecule has 6 nitrogen and oxygen atoms in total. The fourth-order valence-corrected chi connectivity index (χ4v) is 3.77. The Morgan fingerprint density at radius 3 is 2.38 bits per heavy atom. The van der Waals surface area contributed by atoms with Crippen molar-refractivity contribution in [1.82, 2.24) is 24.9 Å². The van der Waals surface area contributed by atoms with Crippen LogP contribution in [0.1, 0.15) is 16.6 Å². The number of hydrogen-bond donors (Lipinski definition) is 0. The Morgan fingerprint density at radius 1 is 1.04 bits per heavy atom. The Kier molecular flexibility index (Phi) is 5.31. The molecule has 0 unspecified atom stereocenters. The van der Waals surface area contributed by atoms with Gasteiger partial charge in [-0.15, -0.1) is 11.3 Å². The van der Waals surface area contributed by atoms with Gasteiger partial charge in [0.1, 0.15) is 0 Å². The minimum absolute atomic E-state index is 0.606. The maximum Gasteiger partial charge on any atom is 0.241 e. The molecule has 136 valence electrons. The molecule has 1 saturated heterocycles. The van der Waals surface area contributed by atoms with E-state index in [1.54, 1.807) is 11.3 Å². The highest BCUT2D eigenvalue weighted by atomic mass is 35.5. The molecule has 1 aliphatic rings. The van der Waals surface area contributed by atoms with E-state index in [0.717, 1.165) is 43.3 Å². The van der Waals surface area contributed by atoms with Crippen molar-refractivity contribution in [3.63, 3.8) is 0 Å². The third-order valence-corrected chi connectivity index (χ3v) is 5.52. The van der Waals surface area contributed by atoms with Crippen LogP contribution >= 0.6 is 22.9 Å². The number of piperazine rings is 1. The largest absolute Gasteiger partial charge is 0.338 e. The molecule has 1 aromatic carbocycles. The predicted molar refractivity (Wildman–Crippen MR) is 102 cm³/mol. The van der Waals surface area contributed by atoms with Gasteiger partial charge in [0.2, 0.25) is 11.7 Å². The SMILES string of the molecule is Cc1nc(CN2CCN(Cc3nc(-c4ccc(Cl)cc4)no3)CC2)cs1. The van der Waals surface area contributed by atoms with E-state index in [9.17, 15) is 0 Å². The zero-order valence-corrected chi connectivity index (χ0v) is 16.1. The second-order valence-electron chi connectivity index (χ2n) is 6.43. The highest BCUT2D eigenvalue weighted by Crippen LogP contribution is 2.19. The average molecular weight is 390 g/mol. The fourth-order valence-electron chi connectivity index (χ4n) is 3.04. The third kappa shape index (κ3) is 4.29. The normalized spacial score (nSPS) is 16.2. The molecule has 1 aliphatic heterocycles. The number of aryl methyl sites for hydroxylation is 1. The van der Waals surface area contributed by atoms with Crippen molar-refractivity contribution in [2.45, 2.75) is 20.0 Å². The van der Waals surface area contributed by atoms with E-state index in [1.807, 2.05) is 24.3 Å². The Bertz CT molecular complexity index is 855. The molecule has 0 bridgehead atoms. The lowest BCUT2D eigenvalue weighted by atomic mass is 10.2. The molecule has 0 N–H and O–H groups in total. The van der Waals surface area contributed by atoms with Crippen LogP contribution in [0.5, 0.6) is 0 Å². The summed E-state index contributed by atoms with van der Waals surface area (Å²) in [5.41, 5.74) is 2.08. The van der Waals surface area contributed by atoms with E-state index >= 15 is 0 Å². The highest BCUT2D eigenvalue weighted by Gasteiger charge is 2.20. The average Bonchev–Trinajstić information content (AvgIpc) is 3.26. The van der Waals surface area contributed by atoms with Crippen molar-refractivity contribution in [2.24, 2.45) is 0 Å². The zero-order chi connectivity index (χ0) is 17.9. The summed E-state index contributed by atoms with van der Waals surface area (Å²) in [7, 11) is 0. The molecule has 4 rings (SSSR count). The third-order valence-electron chi connectivity index (χ3n) is 4.45. The lowest BCUT2D eigenvalue weighted by molar-refractivity contribution is 0.111. The van der Waals surface area contributed by atoms with E-state index < -0.39 is 0 Å². The summed E-state index contributed by atoms with van der Waals surface area (Å²) < 4.78 is 5.42. The maximum atomic E-state index is 5.92. The second kappa shape index (κ2) is 7.84. The minimum Gasteiger partial charge on any atom is -0.338 e. The number of nitrogens with zero attached hydrogens (tertiary/aromatic N) is 5. The van der Waals surface area contributed by atoms with Crippen LogP contribution in [0.4, 0.5) is 0 Å². The van der Waals surface area contributed by atoms with Gasteiger partial charge in [-0.3, -0.25) is 9.80 Å². The van der Waals surface area contributed by atoms with Crippen LogP contribution in [-0.4, -0.2) is 51.1 Å². The van der Waals surface area contributed by atoms with E-state index in [1.165, 1.54) is 5.69 Å². The highest BCUT2D eigenvalue weighted by molar-refractivity contribution is 7.09. The van der Waals surface area contributed by atoms with Crippen molar-refractivity contribution in [3.8, 4) is 11.4 Å². The van der Waals surface area contributed by atoms with E-state index in [2.05, 4.69) is 37.2 Å². The summed E-state index contributed by atoms with van der Waals surface area (Å²) >= 11 is 7.63. The first-order valence-corrected chi connectivity index (χ1v) is 9.86. The van der Waals surface area contributed by atoms with Crippen LogP contribution in [-0.2, 0) is 13.1 Å². The van der Waals surface area contributed by atoms with Gasteiger partial charge < -0.3 is 4.52 Å². The second-order valence-corrected chi connectivity index (χ2v) is 7.93. The fraction of sp³-hybridized carbons (Fsp3) is 0.389. The topological polar surface area (TPSA) is 58.3 Å². The lowest BCUT2D eigenvalue weighted by Gasteiger charge is -2.33. The van der Waals surface area contributed by atoms with Gasteiger partial charge in [0.15, 0.2) is 0 Å². The molecule has 0 radical (unpaired) electrons. The molecular weight excluding hydrogens is 370 g/mol. The number of benzene rings is 1. The molecule has 0 atom stereocenters. The Morgan fingerprint density at radius 2 is 1.73 bits per heavy atom. The quantitative estimate of drug-likeness (QED) is 0.666. The first-order chi connectivity index (χ1) is 12.7. The summed E-state index contributed by atoms with van der Waals surface area (Å²) in [5.74, 6) is 1.26. The molecule has 8 heteroatoms. The summed E-state index contributed by atoms with van der Waals surface area (Å²) in [6, 6.07) is 7.46. The number of aromatic nitrogens is 3. The molecule has 0 aliphatic carbocycles. The van der Waals surface area contributed by atoms with Gasteiger partial charge in [-0.1, -0.05) is 16.8 Å². The van der Waals surface area contributed by atoms with Gasteiger partial charge >= 0.3 is 0 Å². The standard InChI is InChI=1S/C18H20ClN5OS/c1-13-20-16(12-26-13)10-23-6-8-24(9-7-23)11-17-21-18(22-25-17)14-2-4-15(19)5-3-14/h2-5,12H,6-11H2,1H3. The van der Waals surface area contributed by atoms with Gasteiger partial charge in [0.25, 0.3) is 0 Å². The van der Waals surface area contributed by atoms with E-state index in [4.69, 9.17) is 16.1 Å². The van der Waals surface area contributed by atoms with Gasteiger partial charge in [0.05, 0.1) is 17.2 Å². The van der Waals surface area contributed by atoms with Gasteiger partial charge in [-0.05, 0) is 31.2 Å². The van der Waals surface area contributed by atoms with E-state index in [0.29, 0.717) is 23.3 Å². The number of halogens is 1. The van der Waals surface area contributed by atoms with Gasteiger partial charge in [0, 0.05) is 48.7 Å². The number of thiazole rings is 1. The molecule has 1 fully saturated rings. The summed E-state index contributed by atoms with van der Waals surface area (Å²) in [4.78, 5) is 13.9. The Hall–Kier alpha value is -1.80. The van der Waals surface area contributed by atoms with Gasteiger partial charge in [-0.25, -0.2) is 4.98 Å². The molecule has 3 aromatic rings. The van der Waals surface area contributed by atoms with Crippen molar-refractivity contribution >= 4 is 22.9 Å². The van der Waals surface area contributed by atoms with Crippen molar-refractivity contribution in [1.29, 1.82) is 0 Å². The minimum atomic E-state index is 0.606. The monoisotopic (exact) mass is 389 g/mol. The van der Waals surface area contributed by atoms with Crippen LogP contribution in [0.3, 0.4) is 0 Å². The van der Waals surface area contributed by atoms with Crippen LogP contribution < -0.4 is 0 Å². The Balaban J connectivity index is 1.30. The van der Waals surface area contributed by atoms with E-state index in [-0.39, 0.29) is 0 Å². The van der Waals surface area contributed by atoms with Crippen LogP contribution in [0, 0.1) is 6.92 Å². The summed E-state index contributed by atoms with van der Waals surface area (Å²) in [5, 5.41) is 8.06. The smallest absolute Gasteiger partial charge is 0.241 e. The van der Waals surface area contributed by atoms with Crippen LogP contribution in [0.15, 0.2) is 34.2 Å². The first kappa shape index (κ1) is 17.6. The molecular formula is C18H20ClN5OS. The summed E-state index contributed by atoms with van der Waals surface area (Å²) in [6.07, 6.45) is 0. The Labute approximate surface area is 161 Å². The first-order valence-electron chi connectivity index (χ1n) is 8.60. The molecule has 3 heterocycles. The maximum absolute atomic E-state index is 5.92. The number of hydrogen-bond acceptors (Lipinski definition) is 7. The van der Waals surface area contributed by atoms with Crippen molar-refractivity contribution < 1.29 is 4.52 Å². The molecule has 26 heavy (non-hydrogen) atoms. The predicted octanol–water partition coefficient (Wildman–Crippen LogP) is 3.47. The molecule has 2 aromatic heterocycles. The number of rotatable bonds is 5. The lowest BCUT2D eigenvalue weighted by Crippen LogP contribution is -2.45. The van der Waals surface area contributed by atoms with Crippen LogP contribution in [0.2, 0.25) is 5.02 Å². The summed E-state index contributed by atoms with van der Waals surface area (Å²) in [6.45, 7) is 7.69. The molecule has 0 saturated carbocycles. The van der Waals surface area contributed by atoms with Crippen LogP contribution in [0.25, 0.3) is 11.4 Å². The van der Waals surface area contributed by atoms with Gasteiger partial charge in [-0.2, -0.15) is 4.98 Å².